The van der Waals surface area contributed by atoms with Gasteiger partial charge in [-0.1, -0.05) is 13.3 Å². The van der Waals surface area contributed by atoms with E-state index in [2.05, 4.69) is 19.2 Å². The first kappa shape index (κ1) is 8.06. The van der Waals surface area contributed by atoms with E-state index in [0.717, 1.165) is 17.9 Å². The summed E-state index contributed by atoms with van der Waals surface area (Å²) < 4.78 is 0. The Kier molecular flexibility index (Phi) is 2.72. The summed E-state index contributed by atoms with van der Waals surface area (Å²) in [5, 5.41) is 3.28. The monoisotopic (exact) mass is 141 g/mol. The van der Waals surface area contributed by atoms with Crippen molar-refractivity contribution < 1.29 is 0 Å². The lowest BCUT2D eigenvalue weighted by atomic mass is 10.1. The van der Waals surface area contributed by atoms with Gasteiger partial charge in [0.1, 0.15) is 0 Å². The lowest BCUT2D eigenvalue weighted by Gasteiger charge is -2.08. The quantitative estimate of drug-likeness (QED) is 0.631. The molecule has 3 unspecified atom stereocenters. The van der Waals surface area contributed by atoms with E-state index >= 15 is 0 Å². The van der Waals surface area contributed by atoms with Crippen molar-refractivity contribution in [2.45, 2.75) is 39.2 Å². The maximum atomic E-state index is 3.28. The highest BCUT2D eigenvalue weighted by Gasteiger charge is 2.35. The number of hydrogen-bond donors (Lipinski definition) is 1. The summed E-state index contributed by atoms with van der Waals surface area (Å²) >= 11 is 0. The zero-order chi connectivity index (χ0) is 7.56. The molecule has 0 radical (unpaired) electrons. The van der Waals surface area contributed by atoms with Gasteiger partial charge in [-0.3, -0.25) is 0 Å². The Bertz CT molecular complexity index is 101. The summed E-state index contributed by atoms with van der Waals surface area (Å²) in [4.78, 5) is 0. The maximum absolute atomic E-state index is 3.28. The van der Waals surface area contributed by atoms with Gasteiger partial charge in [0.15, 0.2) is 0 Å². The molecule has 10 heavy (non-hydrogen) atoms. The standard InChI is InChI=1S/C9H19N/c1-4-8-6-9(8)5-7(2)10-3/h7-10H,4-6H2,1-3H3. The van der Waals surface area contributed by atoms with E-state index in [4.69, 9.17) is 0 Å². The van der Waals surface area contributed by atoms with Gasteiger partial charge in [0.2, 0.25) is 0 Å². The molecule has 1 aliphatic carbocycles. The maximum Gasteiger partial charge on any atom is 0.00384 e. The van der Waals surface area contributed by atoms with Crippen molar-refractivity contribution in [3.63, 3.8) is 0 Å². The Morgan fingerprint density at radius 3 is 2.60 bits per heavy atom. The van der Waals surface area contributed by atoms with E-state index in [1.165, 1.54) is 19.3 Å². The third kappa shape index (κ3) is 1.98. The molecule has 0 saturated heterocycles. The fraction of sp³-hybridized carbons (Fsp3) is 1.00. The van der Waals surface area contributed by atoms with Crippen LogP contribution in [0, 0.1) is 11.8 Å². The average Bonchev–Trinajstić information content (AvgIpc) is 2.67. The predicted molar refractivity (Wildman–Crippen MR) is 45.0 cm³/mol. The summed E-state index contributed by atoms with van der Waals surface area (Å²) in [5.74, 6) is 2.11. The van der Waals surface area contributed by atoms with Crippen LogP contribution < -0.4 is 5.32 Å². The van der Waals surface area contributed by atoms with Crippen molar-refractivity contribution in [2.75, 3.05) is 7.05 Å². The summed E-state index contributed by atoms with van der Waals surface area (Å²) in [7, 11) is 2.05. The van der Waals surface area contributed by atoms with Gasteiger partial charge in [-0.25, -0.2) is 0 Å². The Morgan fingerprint density at radius 1 is 1.50 bits per heavy atom. The third-order valence-corrected chi connectivity index (χ3v) is 2.74. The lowest BCUT2D eigenvalue weighted by Crippen LogP contribution is -2.21. The van der Waals surface area contributed by atoms with Gasteiger partial charge in [0.05, 0.1) is 0 Å². The molecule has 60 valence electrons. The van der Waals surface area contributed by atoms with E-state index in [1.54, 1.807) is 0 Å². The predicted octanol–water partition coefficient (Wildman–Crippen LogP) is 2.03. The summed E-state index contributed by atoms with van der Waals surface area (Å²) in [6.07, 6.45) is 4.26. The summed E-state index contributed by atoms with van der Waals surface area (Å²) in [5.41, 5.74) is 0. The molecule has 1 nitrogen and oxygen atoms in total. The van der Waals surface area contributed by atoms with Crippen LogP contribution in [0.2, 0.25) is 0 Å². The Morgan fingerprint density at radius 2 is 2.20 bits per heavy atom. The second kappa shape index (κ2) is 3.38. The van der Waals surface area contributed by atoms with Crippen LogP contribution >= 0.6 is 0 Å². The van der Waals surface area contributed by atoms with Crippen molar-refractivity contribution in [1.82, 2.24) is 5.32 Å². The first-order valence-corrected chi connectivity index (χ1v) is 4.45. The van der Waals surface area contributed by atoms with Crippen molar-refractivity contribution in [1.29, 1.82) is 0 Å². The molecule has 1 saturated carbocycles. The topological polar surface area (TPSA) is 12.0 Å². The summed E-state index contributed by atoms with van der Waals surface area (Å²) in [6.45, 7) is 4.57. The fourth-order valence-electron chi connectivity index (χ4n) is 1.67. The lowest BCUT2D eigenvalue weighted by molar-refractivity contribution is 0.503. The molecule has 1 fully saturated rings. The molecular formula is C9H19N. The molecule has 0 aliphatic heterocycles. The largest absolute Gasteiger partial charge is 0.317 e. The Balaban J connectivity index is 2.05. The van der Waals surface area contributed by atoms with E-state index in [0.29, 0.717) is 0 Å². The van der Waals surface area contributed by atoms with Gasteiger partial charge < -0.3 is 5.32 Å². The Hall–Kier alpha value is -0.0400. The van der Waals surface area contributed by atoms with Crippen LogP contribution in [0.25, 0.3) is 0 Å². The fourth-order valence-corrected chi connectivity index (χ4v) is 1.67. The second-order valence-corrected chi connectivity index (χ2v) is 3.59. The number of nitrogens with one attached hydrogen (secondary N) is 1. The van der Waals surface area contributed by atoms with Gasteiger partial charge in [0.25, 0.3) is 0 Å². The molecule has 0 heterocycles. The van der Waals surface area contributed by atoms with Crippen LogP contribution in [-0.2, 0) is 0 Å². The number of rotatable bonds is 4. The molecule has 0 amide bonds. The van der Waals surface area contributed by atoms with Gasteiger partial charge in [-0.05, 0) is 38.6 Å². The van der Waals surface area contributed by atoms with Gasteiger partial charge in [-0.2, -0.15) is 0 Å². The smallest absolute Gasteiger partial charge is 0.00384 e. The SMILES string of the molecule is CCC1CC1CC(C)NC. The molecule has 1 N–H and O–H groups in total. The van der Waals surface area contributed by atoms with Crippen LogP contribution in [0.5, 0.6) is 0 Å². The molecular weight excluding hydrogens is 122 g/mol. The van der Waals surface area contributed by atoms with Crippen molar-refractivity contribution in [2.24, 2.45) is 11.8 Å². The minimum absolute atomic E-state index is 0.724. The third-order valence-electron chi connectivity index (χ3n) is 2.74. The Labute approximate surface area is 64.2 Å². The summed E-state index contributed by atoms with van der Waals surface area (Å²) in [6, 6.07) is 0.724. The van der Waals surface area contributed by atoms with Crippen molar-refractivity contribution in [3.05, 3.63) is 0 Å². The molecule has 0 aromatic carbocycles. The first-order chi connectivity index (χ1) is 4.77. The van der Waals surface area contributed by atoms with Gasteiger partial charge in [-0.15, -0.1) is 0 Å². The molecule has 0 spiro atoms. The normalized spacial score (nSPS) is 33.9. The minimum Gasteiger partial charge on any atom is -0.317 e. The molecule has 1 heteroatoms. The van der Waals surface area contributed by atoms with Crippen LogP contribution in [-0.4, -0.2) is 13.1 Å². The van der Waals surface area contributed by atoms with Crippen LogP contribution in [0.4, 0.5) is 0 Å². The van der Waals surface area contributed by atoms with Crippen molar-refractivity contribution >= 4 is 0 Å². The van der Waals surface area contributed by atoms with E-state index in [1.807, 2.05) is 7.05 Å². The highest BCUT2D eigenvalue weighted by Crippen LogP contribution is 2.43. The molecule has 1 rings (SSSR count). The van der Waals surface area contributed by atoms with Crippen LogP contribution in [0.1, 0.15) is 33.1 Å². The molecule has 1 aliphatic rings. The zero-order valence-electron chi connectivity index (χ0n) is 7.35. The first-order valence-electron chi connectivity index (χ1n) is 4.45. The van der Waals surface area contributed by atoms with Gasteiger partial charge >= 0.3 is 0 Å². The highest BCUT2D eigenvalue weighted by atomic mass is 14.9. The average molecular weight is 141 g/mol. The van der Waals surface area contributed by atoms with E-state index in [9.17, 15) is 0 Å². The van der Waals surface area contributed by atoms with Crippen molar-refractivity contribution in [3.8, 4) is 0 Å². The van der Waals surface area contributed by atoms with Crippen LogP contribution in [0.15, 0.2) is 0 Å². The van der Waals surface area contributed by atoms with Gasteiger partial charge in [0, 0.05) is 6.04 Å². The molecule has 0 aromatic rings. The molecule has 0 bridgehead atoms. The van der Waals surface area contributed by atoms with E-state index in [-0.39, 0.29) is 0 Å². The van der Waals surface area contributed by atoms with Crippen LogP contribution in [0.3, 0.4) is 0 Å². The molecule has 0 aromatic heterocycles. The number of hydrogen-bond acceptors (Lipinski definition) is 1. The second-order valence-electron chi connectivity index (χ2n) is 3.59. The highest BCUT2D eigenvalue weighted by molar-refractivity contribution is 4.87. The minimum atomic E-state index is 0.724. The zero-order valence-corrected chi connectivity index (χ0v) is 7.35. The molecule has 3 atom stereocenters. The van der Waals surface area contributed by atoms with E-state index < -0.39 is 0 Å².